The second-order valence-electron chi connectivity index (χ2n) is 6.36. The van der Waals surface area contributed by atoms with E-state index in [1.165, 1.54) is 29.5 Å². The molecule has 0 radical (unpaired) electrons. The smallest absolute Gasteiger partial charge is 0.0317 e. The van der Waals surface area contributed by atoms with E-state index in [0.717, 1.165) is 0 Å². The van der Waals surface area contributed by atoms with Crippen LogP contribution < -0.4 is 5.32 Å². The molecule has 0 saturated carbocycles. The lowest BCUT2D eigenvalue weighted by Crippen LogP contribution is -2.19. The van der Waals surface area contributed by atoms with Gasteiger partial charge in [-0.25, -0.2) is 0 Å². The Morgan fingerprint density at radius 3 is 2.00 bits per heavy atom. The minimum absolute atomic E-state index is 0.411. The van der Waals surface area contributed by atoms with Gasteiger partial charge in [0.2, 0.25) is 0 Å². The maximum Gasteiger partial charge on any atom is 0.0317 e. The molecule has 0 bridgehead atoms. The van der Waals surface area contributed by atoms with Crippen molar-refractivity contribution in [3.8, 4) is 0 Å². The Balaban J connectivity index is 2.79. The molecule has 0 saturated heterocycles. The molecule has 1 atom stereocenters. The monoisotopic (exact) mass is 233 g/mol. The van der Waals surface area contributed by atoms with Crippen molar-refractivity contribution in [1.29, 1.82) is 0 Å². The minimum atomic E-state index is 0.411. The zero-order valence-electron chi connectivity index (χ0n) is 12.2. The van der Waals surface area contributed by atoms with Gasteiger partial charge in [0.15, 0.2) is 0 Å². The molecular formula is C16H27N. The Labute approximate surface area is 107 Å². The summed E-state index contributed by atoms with van der Waals surface area (Å²) in [6.45, 7) is 11.3. The molecule has 0 aromatic heterocycles. The minimum Gasteiger partial charge on any atom is -0.313 e. The molecule has 1 rings (SSSR count). The van der Waals surface area contributed by atoms with E-state index in [1.807, 2.05) is 0 Å². The topological polar surface area (TPSA) is 12.0 Å². The van der Waals surface area contributed by atoms with E-state index >= 15 is 0 Å². The molecule has 96 valence electrons. The molecule has 0 amide bonds. The van der Waals surface area contributed by atoms with E-state index in [1.54, 1.807) is 0 Å². The first-order chi connectivity index (χ1) is 7.81. The number of rotatable bonds is 4. The van der Waals surface area contributed by atoms with Gasteiger partial charge in [0.05, 0.1) is 0 Å². The first kappa shape index (κ1) is 14.2. The van der Waals surface area contributed by atoms with E-state index < -0.39 is 0 Å². The van der Waals surface area contributed by atoms with E-state index in [0.29, 0.717) is 11.5 Å². The highest BCUT2D eigenvalue weighted by atomic mass is 14.9. The fourth-order valence-corrected chi connectivity index (χ4v) is 2.27. The van der Waals surface area contributed by atoms with Crippen LogP contribution in [0.1, 0.15) is 56.3 Å². The molecule has 17 heavy (non-hydrogen) atoms. The van der Waals surface area contributed by atoms with Crippen LogP contribution in [0.3, 0.4) is 0 Å². The lowest BCUT2D eigenvalue weighted by atomic mass is 9.87. The fraction of sp³-hybridized carbons (Fsp3) is 0.625. The van der Waals surface area contributed by atoms with Crippen molar-refractivity contribution < 1.29 is 0 Å². The highest BCUT2D eigenvalue weighted by molar-refractivity contribution is 5.30. The van der Waals surface area contributed by atoms with E-state index in [4.69, 9.17) is 0 Å². The standard InChI is InChI=1S/C16H27N/c1-12-9-13(2)11-14(10-12)15(17-6)7-8-16(3,4)5/h9-11,15,17H,7-8H2,1-6H3. The Bertz CT molecular complexity index is 340. The molecule has 0 aliphatic heterocycles. The van der Waals surface area contributed by atoms with E-state index in [2.05, 4.69) is 65.2 Å². The Hall–Kier alpha value is -0.820. The molecule has 1 aromatic rings. The van der Waals surface area contributed by atoms with E-state index in [-0.39, 0.29) is 0 Å². The third-order valence-electron chi connectivity index (χ3n) is 3.18. The second kappa shape index (κ2) is 5.68. The molecule has 1 N–H and O–H groups in total. The molecule has 0 fully saturated rings. The van der Waals surface area contributed by atoms with Crippen LogP contribution in [0.25, 0.3) is 0 Å². The SMILES string of the molecule is CNC(CCC(C)(C)C)c1cc(C)cc(C)c1. The Kier molecular flexibility index (Phi) is 4.76. The highest BCUT2D eigenvalue weighted by Crippen LogP contribution is 2.28. The van der Waals surface area contributed by atoms with Crippen molar-refractivity contribution in [1.82, 2.24) is 5.32 Å². The number of aryl methyl sites for hydroxylation is 2. The lowest BCUT2D eigenvalue weighted by molar-refractivity contribution is 0.338. The first-order valence-electron chi connectivity index (χ1n) is 6.57. The molecule has 0 spiro atoms. The number of benzene rings is 1. The van der Waals surface area contributed by atoms with Gasteiger partial charge >= 0.3 is 0 Å². The van der Waals surface area contributed by atoms with Crippen LogP contribution in [0.4, 0.5) is 0 Å². The predicted octanol–water partition coefficient (Wildman–Crippen LogP) is 4.39. The average molecular weight is 233 g/mol. The molecule has 1 heteroatoms. The van der Waals surface area contributed by atoms with Crippen LogP contribution in [-0.2, 0) is 0 Å². The summed E-state index contributed by atoms with van der Waals surface area (Å²) >= 11 is 0. The van der Waals surface area contributed by atoms with Gasteiger partial charge in [-0.1, -0.05) is 50.1 Å². The fourth-order valence-electron chi connectivity index (χ4n) is 2.27. The number of nitrogens with one attached hydrogen (secondary N) is 1. The highest BCUT2D eigenvalue weighted by Gasteiger charge is 2.15. The molecule has 1 nitrogen and oxygen atoms in total. The Morgan fingerprint density at radius 1 is 1.06 bits per heavy atom. The van der Waals surface area contributed by atoms with Gasteiger partial charge in [-0.15, -0.1) is 0 Å². The summed E-state index contributed by atoms with van der Waals surface area (Å²) in [5.41, 5.74) is 4.55. The largest absolute Gasteiger partial charge is 0.313 e. The van der Waals surface area contributed by atoms with E-state index in [9.17, 15) is 0 Å². The third-order valence-corrected chi connectivity index (χ3v) is 3.18. The maximum absolute atomic E-state index is 3.45. The van der Waals surface area contributed by atoms with Crippen molar-refractivity contribution in [3.05, 3.63) is 34.9 Å². The summed E-state index contributed by atoms with van der Waals surface area (Å²) in [6, 6.07) is 7.32. The summed E-state index contributed by atoms with van der Waals surface area (Å²) in [4.78, 5) is 0. The van der Waals surface area contributed by atoms with Crippen molar-refractivity contribution >= 4 is 0 Å². The summed E-state index contributed by atoms with van der Waals surface area (Å²) < 4.78 is 0. The summed E-state index contributed by atoms with van der Waals surface area (Å²) in [5.74, 6) is 0. The molecule has 0 aliphatic carbocycles. The van der Waals surface area contributed by atoms with Crippen molar-refractivity contribution in [2.75, 3.05) is 7.05 Å². The Morgan fingerprint density at radius 2 is 1.59 bits per heavy atom. The average Bonchev–Trinajstić information content (AvgIpc) is 2.15. The van der Waals surface area contributed by atoms with Crippen LogP contribution in [0.15, 0.2) is 18.2 Å². The van der Waals surface area contributed by atoms with Gasteiger partial charge in [-0.05, 0) is 44.7 Å². The van der Waals surface area contributed by atoms with Crippen LogP contribution in [0.5, 0.6) is 0 Å². The van der Waals surface area contributed by atoms with Crippen LogP contribution in [0, 0.1) is 19.3 Å². The lowest BCUT2D eigenvalue weighted by Gasteiger charge is -2.23. The zero-order valence-corrected chi connectivity index (χ0v) is 12.2. The molecular weight excluding hydrogens is 206 g/mol. The number of hydrogen-bond donors (Lipinski definition) is 1. The molecule has 0 heterocycles. The maximum atomic E-state index is 3.45. The van der Waals surface area contributed by atoms with Crippen LogP contribution in [-0.4, -0.2) is 7.05 Å². The molecule has 1 aromatic carbocycles. The third kappa shape index (κ3) is 4.91. The van der Waals surface area contributed by atoms with Crippen molar-refractivity contribution in [2.24, 2.45) is 5.41 Å². The molecule has 1 unspecified atom stereocenters. The number of hydrogen-bond acceptors (Lipinski definition) is 1. The van der Waals surface area contributed by atoms with Gasteiger partial charge in [0, 0.05) is 6.04 Å². The predicted molar refractivity (Wildman–Crippen MR) is 76.4 cm³/mol. The van der Waals surface area contributed by atoms with Gasteiger partial charge < -0.3 is 5.32 Å². The summed E-state index contributed by atoms with van der Waals surface area (Å²) in [6.07, 6.45) is 2.44. The summed E-state index contributed by atoms with van der Waals surface area (Å²) in [5, 5.41) is 3.45. The van der Waals surface area contributed by atoms with Crippen LogP contribution >= 0.6 is 0 Å². The van der Waals surface area contributed by atoms with Crippen molar-refractivity contribution in [3.63, 3.8) is 0 Å². The quantitative estimate of drug-likeness (QED) is 0.813. The first-order valence-corrected chi connectivity index (χ1v) is 6.57. The van der Waals surface area contributed by atoms with Crippen molar-refractivity contribution in [2.45, 2.75) is 53.5 Å². The summed E-state index contributed by atoms with van der Waals surface area (Å²) in [7, 11) is 2.06. The normalized spacial score (nSPS) is 13.8. The molecule has 0 aliphatic rings. The zero-order chi connectivity index (χ0) is 13.1. The van der Waals surface area contributed by atoms with Gasteiger partial charge in [0.1, 0.15) is 0 Å². The van der Waals surface area contributed by atoms with Gasteiger partial charge in [-0.3, -0.25) is 0 Å². The second-order valence-corrected chi connectivity index (χ2v) is 6.36. The van der Waals surface area contributed by atoms with Gasteiger partial charge in [0.25, 0.3) is 0 Å². The van der Waals surface area contributed by atoms with Crippen LogP contribution in [0.2, 0.25) is 0 Å². The van der Waals surface area contributed by atoms with Gasteiger partial charge in [-0.2, -0.15) is 0 Å².